The minimum Gasteiger partial charge on any atom is -0.397 e. The number of para-hydroxylation sites is 1. The molecule has 0 aliphatic rings. The molecule has 0 aliphatic carbocycles. The molecule has 1 unspecified atom stereocenters. The standard InChI is InChI=1S/C12H20N2/c1-4-9(2)8-14-12-10(3)6-5-7-11(12)13/h5-7,9,14H,4,8,13H2,1-3H3. The van der Waals surface area contributed by atoms with Crippen molar-refractivity contribution in [2.45, 2.75) is 27.2 Å². The number of anilines is 2. The number of nitrogens with two attached hydrogens (primary N) is 1. The highest BCUT2D eigenvalue weighted by Gasteiger charge is 2.03. The van der Waals surface area contributed by atoms with Gasteiger partial charge in [-0.3, -0.25) is 0 Å². The highest BCUT2D eigenvalue weighted by molar-refractivity contribution is 5.69. The molecule has 0 saturated heterocycles. The van der Waals surface area contributed by atoms with Crippen LogP contribution in [0.4, 0.5) is 11.4 Å². The summed E-state index contributed by atoms with van der Waals surface area (Å²) >= 11 is 0. The number of nitrogen functional groups attached to an aromatic ring is 1. The third-order valence-electron chi connectivity index (χ3n) is 2.63. The lowest BCUT2D eigenvalue weighted by Crippen LogP contribution is -2.12. The first kappa shape index (κ1) is 10.9. The predicted molar refractivity (Wildman–Crippen MR) is 63.5 cm³/mol. The van der Waals surface area contributed by atoms with Crippen molar-refractivity contribution in [2.75, 3.05) is 17.6 Å². The SMILES string of the molecule is CCC(C)CNc1c(C)cccc1N. The van der Waals surface area contributed by atoms with Gasteiger partial charge in [0.2, 0.25) is 0 Å². The molecule has 0 aromatic heterocycles. The summed E-state index contributed by atoms with van der Waals surface area (Å²) in [5, 5.41) is 3.41. The van der Waals surface area contributed by atoms with E-state index in [1.54, 1.807) is 0 Å². The van der Waals surface area contributed by atoms with E-state index in [-0.39, 0.29) is 0 Å². The average Bonchev–Trinajstić information content (AvgIpc) is 2.16. The van der Waals surface area contributed by atoms with Crippen molar-refractivity contribution in [1.82, 2.24) is 0 Å². The molecule has 0 radical (unpaired) electrons. The monoisotopic (exact) mass is 192 g/mol. The Morgan fingerprint density at radius 1 is 1.43 bits per heavy atom. The van der Waals surface area contributed by atoms with Gasteiger partial charge in [-0.15, -0.1) is 0 Å². The molecule has 3 N–H and O–H groups in total. The van der Waals surface area contributed by atoms with E-state index in [0.717, 1.165) is 17.9 Å². The highest BCUT2D eigenvalue weighted by Crippen LogP contribution is 2.22. The fraction of sp³-hybridized carbons (Fsp3) is 0.500. The predicted octanol–water partition coefficient (Wildman–Crippen LogP) is 3.04. The zero-order valence-corrected chi connectivity index (χ0v) is 9.30. The molecule has 0 aliphatic heterocycles. The quantitative estimate of drug-likeness (QED) is 0.720. The second kappa shape index (κ2) is 4.89. The Bertz CT molecular complexity index is 274. The number of hydrogen-bond acceptors (Lipinski definition) is 2. The molecular formula is C12H20N2. The maximum Gasteiger partial charge on any atom is 0.0603 e. The van der Waals surface area contributed by atoms with Crippen LogP contribution in [0.2, 0.25) is 0 Å². The van der Waals surface area contributed by atoms with E-state index >= 15 is 0 Å². The minimum atomic E-state index is 0.689. The van der Waals surface area contributed by atoms with E-state index in [2.05, 4.69) is 32.2 Å². The second-order valence-corrected chi connectivity index (χ2v) is 3.93. The van der Waals surface area contributed by atoms with Crippen molar-refractivity contribution in [2.24, 2.45) is 5.92 Å². The minimum absolute atomic E-state index is 0.689. The van der Waals surface area contributed by atoms with E-state index in [1.807, 2.05) is 12.1 Å². The normalized spacial score (nSPS) is 12.5. The van der Waals surface area contributed by atoms with Crippen molar-refractivity contribution in [3.05, 3.63) is 23.8 Å². The third-order valence-corrected chi connectivity index (χ3v) is 2.63. The van der Waals surface area contributed by atoms with Gasteiger partial charge in [-0.05, 0) is 24.5 Å². The van der Waals surface area contributed by atoms with Gasteiger partial charge in [-0.1, -0.05) is 32.4 Å². The molecule has 2 nitrogen and oxygen atoms in total. The Morgan fingerprint density at radius 3 is 2.71 bits per heavy atom. The van der Waals surface area contributed by atoms with E-state index in [4.69, 9.17) is 5.73 Å². The smallest absolute Gasteiger partial charge is 0.0603 e. The molecule has 0 heterocycles. The first-order valence-corrected chi connectivity index (χ1v) is 5.24. The molecular weight excluding hydrogens is 172 g/mol. The summed E-state index contributed by atoms with van der Waals surface area (Å²) in [6.45, 7) is 7.51. The van der Waals surface area contributed by atoms with Gasteiger partial charge in [0.1, 0.15) is 0 Å². The van der Waals surface area contributed by atoms with Gasteiger partial charge in [0.05, 0.1) is 11.4 Å². The van der Waals surface area contributed by atoms with E-state index in [0.29, 0.717) is 5.92 Å². The molecule has 0 saturated carbocycles. The summed E-state index contributed by atoms with van der Waals surface area (Å²) in [4.78, 5) is 0. The van der Waals surface area contributed by atoms with Crippen molar-refractivity contribution in [3.63, 3.8) is 0 Å². The van der Waals surface area contributed by atoms with E-state index in [1.165, 1.54) is 12.0 Å². The van der Waals surface area contributed by atoms with Gasteiger partial charge >= 0.3 is 0 Å². The average molecular weight is 192 g/mol. The Kier molecular flexibility index (Phi) is 3.81. The molecule has 78 valence electrons. The Labute approximate surface area is 86.5 Å². The summed E-state index contributed by atoms with van der Waals surface area (Å²) in [7, 11) is 0. The molecule has 1 aromatic rings. The number of nitrogens with one attached hydrogen (secondary N) is 1. The topological polar surface area (TPSA) is 38.0 Å². The van der Waals surface area contributed by atoms with Gasteiger partial charge in [0, 0.05) is 6.54 Å². The molecule has 1 atom stereocenters. The van der Waals surface area contributed by atoms with Crippen LogP contribution in [0, 0.1) is 12.8 Å². The summed E-state index contributed by atoms with van der Waals surface area (Å²) in [5.74, 6) is 0.689. The molecule has 0 spiro atoms. The lowest BCUT2D eigenvalue weighted by molar-refractivity contribution is 0.593. The largest absolute Gasteiger partial charge is 0.397 e. The molecule has 1 aromatic carbocycles. The fourth-order valence-electron chi connectivity index (χ4n) is 1.35. The van der Waals surface area contributed by atoms with E-state index in [9.17, 15) is 0 Å². The van der Waals surface area contributed by atoms with Gasteiger partial charge in [-0.25, -0.2) is 0 Å². The van der Waals surface area contributed by atoms with Crippen LogP contribution >= 0.6 is 0 Å². The molecule has 0 bridgehead atoms. The van der Waals surface area contributed by atoms with Crippen molar-refractivity contribution >= 4 is 11.4 Å². The van der Waals surface area contributed by atoms with Crippen LogP contribution in [0.1, 0.15) is 25.8 Å². The van der Waals surface area contributed by atoms with Crippen LogP contribution in [-0.2, 0) is 0 Å². The van der Waals surface area contributed by atoms with Crippen LogP contribution < -0.4 is 11.1 Å². The Balaban J connectivity index is 2.66. The fourth-order valence-corrected chi connectivity index (χ4v) is 1.35. The first-order chi connectivity index (χ1) is 6.65. The van der Waals surface area contributed by atoms with Crippen molar-refractivity contribution < 1.29 is 0 Å². The number of benzene rings is 1. The Morgan fingerprint density at radius 2 is 2.14 bits per heavy atom. The summed E-state index contributed by atoms with van der Waals surface area (Å²) in [6.07, 6.45) is 1.19. The maximum absolute atomic E-state index is 5.89. The highest BCUT2D eigenvalue weighted by atomic mass is 14.9. The zero-order valence-electron chi connectivity index (χ0n) is 9.30. The first-order valence-electron chi connectivity index (χ1n) is 5.24. The van der Waals surface area contributed by atoms with Crippen LogP contribution in [0.3, 0.4) is 0 Å². The molecule has 0 amide bonds. The molecule has 1 rings (SSSR count). The van der Waals surface area contributed by atoms with Crippen molar-refractivity contribution in [1.29, 1.82) is 0 Å². The van der Waals surface area contributed by atoms with Gasteiger partial charge in [0.25, 0.3) is 0 Å². The maximum atomic E-state index is 5.89. The van der Waals surface area contributed by atoms with Gasteiger partial charge < -0.3 is 11.1 Å². The van der Waals surface area contributed by atoms with Gasteiger partial charge in [-0.2, -0.15) is 0 Å². The summed E-state index contributed by atoms with van der Waals surface area (Å²) in [6, 6.07) is 6.00. The van der Waals surface area contributed by atoms with Crippen LogP contribution in [0.5, 0.6) is 0 Å². The summed E-state index contributed by atoms with van der Waals surface area (Å²) in [5.41, 5.74) is 9.03. The van der Waals surface area contributed by atoms with Crippen LogP contribution in [0.25, 0.3) is 0 Å². The van der Waals surface area contributed by atoms with Gasteiger partial charge in [0.15, 0.2) is 0 Å². The van der Waals surface area contributed by atoms with E-state index < -0.39 is 0 Å². The number of aryl methyl sites for hydroxylation is 1. The number of rotatable bonds is 4. The van der Waals surface area contributed by atoms with Crippen molar-refractivity contribution in [3.8, 4) is 0 Å². The zero-order chi connectivity index (χ0) is 10.6. The lowest BCUT2D eigenvalue weighted by atomic mass is 10.1. The molecule has 14 heavy (non-hydrogen) atoms. The second-order valence-electron chi connectivity index (χ2n) is 3.93. The molecule has 0 fully saturated rings. The number of hydrogen-bond donors (Lipinski definition) is 2. The lowest BCUT2D eigenvalue weighted by Gasteiger charge is -2.15. The molecule has 2 heteroatoms. The van der Waals surface area contributed by atoms with Crippen LogP contribution in [0.15, 0.2) is 18.2 Å². The summed E-state index contributed by atoms with van der Waals surface area (Å²) < 4.78 is 0. The van der Waals surface area contributed by atoms with Crippen LogP contribution in [-0.4, -0.2) is 6.54 Å². The Hall–Kier alpha value is -1.18. The third kappa shape index (κ3) is 2.66.